The lowest BCUT2D eigenvalue weighted by molar-refractivity contribution is -0.138. The zero-order valence-electron chi connectivity index (χ0n) is 13.3. The lowest BCUT2D eigenvalue weighted by atomic mass is 10.1. The van der Waals surface area contributed by atoms with Crippen molar-refractivity contribution in [3.8, 4) is 11.5 Å². The molecule has 0 aliphatic rings. The molecular weight excluding hydrogens is 286 g/mol. The number of methoxy groups -OCH3 is 2. The summed E-state index contributed by atoms with van der Waals surface area (Å²) >= 11 is 0. The van der Waals surface area contributed by atoms with Gasteiger partial charge in [0.2, 0.25) is 5.91 Å². The summed E-state index contributed by atoms with van der Waals surface area (Å²) in [5, 5.41) is 8.59. The predicted octanol–water partition coefficient (Wildman–Crippen LogP) is 1.96. The molecule has 0 bridgehead atoms. The number of amides is 1. The van der Waals surface area contributed by atoms with Crippen LogP contribution in [0.3, 0.4) is 0 Å². The molecule has 122 valence electrons. The summed E-state index contributed by atoms with van der Waals surface area (Å²) in [5.74, 6) is 0.532. The van der Waals surface area contributed by atoms with Gasteiger partial charge in [-0.25, -0.2) is 0 Å². The Morgan fingerprint density at radius 2 is 1.68 bits per heavy atom. The summed E-state index contributed by atoms with van der Waals surface area (Å²) in [5.41, 5.74) is 0.962. The number of carbonyl (C=O) groups is 2. The summed E-state index contributed by atoms with van der Waals surface area (Å²) in [6.45, 7) is 0.451. The number of hydrogen-bond donors (Lipinski definition) is 1. The molecule has 1 amide bonds. The van der Waals surface area contributed by atoms with Gasteiger partial charge in [-0.05, 0) is 30.5 Å². The van der Waals surface area contributed by atoms with E-state index in [1.54, 1.807) is 32.2 Å². The van der Waals surface area contributed by atoms with Gasteiger partial charge in [0.15, 0.2) is 0 Å². The maximum absolute atomic E-state index is 12.0. The van der Waals surface area contributed by atoms with Crippen molar-refractivity contribution in [1.82, 2.24) is 4.90 Å². The summed E-state index contributed by atoms with van der Waals surface area (Å²) < 4.78 is 10.4. The van der Waals surface area contributed by atoms with Crippen molar-refractivity contribution in [2.75, 3.05) is 27.8 Å². The van der Waals surface area contributed by atoms with E-state index in [4.69, 9.17) is 14.6 Å². The minimum absolute atomic E-state index is 0.00724. The van der Waals surface area contributed by atoms with Gasteiger partial charge in [0, 0.05) is 32.5 Å². The van der Waals surface area contributed by atoms with Crippen molar-refractivity contribution >= 4 is 11.9 Å². The fourth-order valence-corrected chi connectivity index (χ4v) is 2.04. The fourth-order valence-electron chi connectivity index (χ4n) is 2.04. The van der Waals surface area contributed by atoms with Crippen LogP contribution in [-0.2, 0) is 16.0 Å². The Kier molecular flexibility index (Phi) is 7.22. The Balaban J connectivity index is 2.50. The third kappa shape index (κ3) is 6.03. The first-order valence-electron chi connectivity index (χ1n) is 7.14. The van der Waals surface area contributed by atoms with Crippen LogP contribution in [0, 0.1) is 0 Å². The van der Waals surface area contributed by atoms with Crippen molar-refractivity contribution in [2.24, 2.45) is 0 Å². The number of benzene rings is 1. The van der Waals surface area contributed by atoms with Gasteiger partial charge < -0.3 is 19.5 Å². The Bertz CT molecular complexity index is 493. The normalized spacial score (nSPS) is 10.1. The number of carboxylic acids is 1. The topological polar surface area (TPSA) is 76.1 Å². The van der Waals surface area contributed by atoms with Gasteiger partial charge in [0.25, 0.3) is 0 Å². The van der Waals surface area contributed by atoms with E-state index >= 15 is 0 Å². The maximum atomic E-state index is 12.0. The van der Waals surface area contributed by atoms with Gasteiger partial charge in [-0.15, -0.1) is 0 Å². The maximum Gasteiger partial charge on any atom is 0.303 e. The third-order valence-electron chi connectivity index (χ3n) is 3.35. The molecule has 1 rings (SSSR count). The molecule has 0 aliphatic carbocycles. The van der Waals surface area contributed by atoms with E-state index in [2.05, 4.69) is 0 Å². The molecule has 1 aromatic carbocycles. The lowest BCUT2D eigenvalue weighted by Gasteiger charge is -2.16. The van der Waals surface area contributed by atoms with E-state index in [0.717, 1.165) is 5.56 Å². The molecule has 1 N–H and O–H groups in total. The zero-order chi connectivity index (χ0) is 16.5. The predicted molar refractivity (Wildman–Crippen MR) is 82.4 cm³/mol. The molecule has 6 nitrogen and oxygen atoms in total. The molecule has 22 heavy (non-hydrogen) atoms. The van der Waals surface area contributed by atoms with E-state index in [-0.39, 0.29) is 12.3 Å². The van der Waals surface area contributed by atoms with E-state index < -0.39 is 5.97 Å². The second kappa shape index (κ2) is 8.92. The van der Waals surface area contributed by atoms with Crippen LogP contribution in [0.25, 0.3) is 0 Å². The van der Waals surface area contributed by atoms with Gasteiger partial charge in [-0.1, -0.05) is 0 Å². The zero-order valence-corrected chi connectivity index (χ0v) is 13.3. The average Bonchev–Trinajstić information content (AvgIpc) is 2.51. The van der Waals surface area contributed by atoms with Crippen LogP contribution in [0.5, 0.6) is 11.5 Å². The van der Waals surface area contributed by atoms with Gasteiger partial charge in [-0.2, -0.15) is 0 Å². The fraction of sp³-hybridized carbons (Fsp3) is 0.500. The van der Waals surface area contributed by atoms with Crippen LogP contribution in [0.1, 0.15) is 24.8 Å². The molecule has 6 heteroatoms. The van der Waals surface area contributed by atoms with Crippen molar-refractivity contribution in [1.29, 1.82) is 0 Å². The molecular formula is C16H23NO5. The highest BCUT2D eigenvalue weighted by Crippen LogP contribution is 2.23. The van der Waals surface area contributed by atoms with Crippen molar-refractivity contribution in [3.05, 3.63) is 23.8 Å². The summed E-state index contributed by atoms with van der Waals surface area (Å²) in [6, 6.07) is 5.53. The number of aliphatic carboxylic acids is 1. The highest BCUT2D eigenvalue weighted by molar-refractivity contribution is 5.76. The summed E-state index contributed by atoms with van der Waals surface area (Å²) in [6.07, 6.45) is 1.48. The Labute approximate surface area is 130 Å². The van der Waals surface area contributed by atoms with Crippen LogP contribution in [0.4, 0.5) is 0 Å². The average molecular weight is 309 g/mol. The summed E-state index contributed by atoms with van der Waals surface area (Å²) in [4.78, 5) is 24.0. The number of ether oxygens (including phenoxy) is 2. The third-order valence-corrected chi connectivity index (χ3v) is 3.35. The second-order valence-corrected chi connectivity index (χ2v) is 5.03. The quantitative estimate of drug-likeness (QED) is 0.754. The van der Waals surface area contributed by atoms with E-state index in [9.17, 15) is 9.59 Å². The van der Waals surface area contributed by atoms with Crippen molar-refractivity contribution in [3.63, 3.8) is 0 Å². The second-order valence-electron chi connectivity index (χ2n) is 5.03. The summed E-state index contributed by atoms with van der Waals surface area (Å²) in [7, 11) is 4.86. The van der Waals surface area contributed by atoms with Crippen molar-refractivity contribution in [2.45, 2.75) is 25.7 Å². The van der Waals surface area contributed by atoms with Crippen molar-refractivity contribution < 1.29 is 24.2 Å². The molecule has 0 aliphatic heterocycles. The Morgan fingerprint density at radius 1 is 1.09 bits per heavy atom. The Morgan fingerprint density at radius 3 is 2.18 bits per heavy atom. The number of rotatable bonds is 9. The van der Waals surface area contributed by atoms with Crippen LogP contribution < -0.4 is 9.47 Å². The molecule has 0 unspecified atom stereocenters. The van der Waals surface area contributed by atoms with Crippen LogP contribution in [0.2, 0.25) is 0 Å². The van der Waals surface area contributed by atoms with Gasteiger partial charge in [0.1, 0.15) is 11.5 Å². The monoisotopic (exact) mass is 309 g/mol. The Hall–Kier alpha value is -2.24. The van der Waals surface area contributed by atoms with Gasteiger partial charge in [-0.3, -0.25) is 9.59 Å². The molecule has 1 aromatic rings. The first-order valence-corrected chi connectivity index (χ1v) is 7.14. The van der Waals surface area contributed by atoms with Gasteiger partial charge >= 0.3 is 5.97 Å². The highest BCUT2D eigenvalue weighted by atomic mass is 16.5. The van der Waals surface area contributed by atoms with E-state index in [1.807, 2.05) is 12.1 Å². The molecule has 0 fully saturated rings. The van der Waals surface area contributed by atoms with E-state index in [0.29, 0.717) is 37.3 Å². The first kappa shape index (κ1) is 17.8. The molecule has 0 atom stereocenters. The minimum atomic E-state index is -0.843. The molecule has 0 heterocycles. The number of carbonyl (C=O) groups excluding carboxylic acids is 1. The van der Waals surface area contributed by atoms with E-state index in [1.165, 1.54) is 0 Å². The van der Waals surface area contributed by atoms with Crippen LogP contribution >= 0.6 is 0 Å². The SMILES string of the molecule is COc1cc(CCC(=O)N(C)CCCC(=O)O)cc(OC)c1. The minimum Gasteiger partial charge on any atom is -0.497 e. The molecule has 0 saturated heterocycles. The van der Waals surface area contributed by atoms with Crippen LogP contribution in [0.15, 0.2) is 18.2 Å². The highest BCUT2D eigenvalue weighted by Gasteiger charge is 2.10. The molecule has 0 spiro atoms. The molecule has 0 aromatic heterocycles. The van der Waals surface area contributed by atoms with Gasteiger partial charge in [0.05, 0.1) is 14.2 Å². The lowest BCUT2D eigenvalue weighted by Crippen LogP contribution is -2.28. The number of carboxylic acid groups (broad SMARTS) is 1. The molecule has 0 radical (unpaired) electrons. The van der Waals surface area contributed by atoms with Crippen LogP contribution in [-0.4, -0.2) is 49.7 Å². The smallest absolute Gasteiger partial charge is 0.303 e. The molecule has 0 saturated carbocycles. The number of aryl methyl sites for hydroxylation is 1. The number of hydrogen-bond acceptors (Lipinski definition) is 4. The first-order chi connectivity index (χ1) is 10.5. The number of nitrogens with zero attached hydrogens (tertiary/aromatic N) is 1. The standard InChI is InChI=1S/C16H23NO5/c1-17(8-4-5-16(19)20)15(18)7-6-12-9-13(21-2)11-14(10-12)22-3/h9-11H,4-8H2,1-3H3,(H,19,20). The largest absolute Gasteiger partial charge is 0.497 e.